The summed E-state index contributed by atoms with van der Waals surface area (Å²) in [5.74, 6) is -1.23. The summed E-state index contributed by atoms with van der Waals surface area (Å²) in [5.41, 5.74) is 4.17. The first-order valence-electron chi connectivity index (χ1n) is 5.94. The second kappa shape index (κ2) is 5.81. The van der Waals surface area contributed by atoms with Gasteiger partial charge in [0.25, 0.3) is 0 Å². The van der Waals surface area contributed by atoms with Gasteiger partial charge in [-0.05, 0) is 32.4 Å². The van der Waals surface area contributed by atoms with Crippen LogP contribution in [0.4, 0.5) is 4.79 Å². The first kappa shape index (κ1) is 14.4. The van der Waals surface area contributed by atoms with Gasteiger partial charge in [-0.1, -0.05) is 6.92 Å². The van der Waals surface area contributed by atoms with Gasteiger partial charge in [-0.25, -0.2) is 4.79 Å². The first-order chi connectivity index (χ1) is 8.39. The highest BCUT2D eigenvalue weighted by atomic mass is 16.4. The van der Waals surface area contributed by atoms with E-state index < -0.39 is 23.3 Å². The number of amides is 3. The topological polar surface area (TPSA) is 113 Å². The quantitative estimate of drug-likeness (QED) is 0.643. The van der Waals surface area contributed by atoms with Crippen molar-refractivity contribution in [1.29, 1.82) is 0 Å². The number of carbonyl (C=O) groups excluding carboxylic acids is 2. The van der Waals surface area contributed by atoms with Crippen molar-refractivity contribution in [1.82, 2.24) is 10.2 Å². The molecular formula is C11H19N3O4. The molecule has 0 saturated carbocycles. The summed E-state index contributed by atoms with van der Waals surface area (Å²) in [7, 11) is 0. The Labute approximate surface area is 105 Å². The Balaban J connectivity index is 2.46. The number of imide groups is 1. The Kier molecular flexibility index (Phi) is 4.66. The molecule has 102 valence electrons. The zero-order valence-corrected chi connectivity index (χ0v) is 10.4. The molecule has 0 spiro atoms. The number of carboxylic acids is 1. The normalized spacial score (nSPS) is 19.2. The lowest BCUT2D eigenvalue weighted by molar-refractivity contribution is -0.152. The number of urea groups is 1. The molecule has 0 aromatic rings. The third-order valence-corrected chi connectivity index (χ3v) is 3.57. The monoisotopic (exact) mass is 257 g/mol. The van der Waals surface area contributed by atoms with Crippen LogP contribution in [0.2, 0.25) is 0 Å². The van der Waals surface area contributed by atoms with Gasteiger partial charge in [0.1, 0.15) is 0 Å². The van der Waals surface area contributed by atoms with Gasteiger partial charge in [-0.3, -0.25) is 19.8 Å². The second-order valence-electron chi connectivity index (χ2n) is 4.63. The lowest BCUT2D eigenvalue weighted by Crippen LogP contribution is -2.48. The van der Waals surface area contributed by atoms with E-state index >= 15 is 0 Å². The highest BCUT2D eigenvalue weighted by Crippen LogP contribution is 2.34. The number of hydrogen-bond donors (Lipinski definition) is 3. The van der Waals surface area contributed by atoms with E-state index in [2.05, 4.69) is 0 Å². The molecule has 1 saturated heterocycles. The van der Waals surface area contributed by atoms with Crippen molar-refractivity contribution in [2.24, 2.45) is 11.1 Å². The summed E-state index contributed by atoms with van der Waals surface area (Å²) in [6, 6.07) is -0.870. The number of primary amides is 1. The summed E-state index contributed by atoms with van der Waals surface area (Å²) in [6.45, 7) is 3.00. The number of carboxylic acid groups (broad SMARTS) is 1. The average Bonchev–Trinajstić information content (AvgIpc) is 2.28. The Morgan fingerprint density at radius 1 is 1.33 bits per heavy atom. The Morgan fingerprint density at radius 3 is 2.28 bits per heavy atom. The fraction of sp³-hybridized carbons (Fsp3) is 0.727. The van der Waals surface area contributed by atoms with Crippen molar-refractivity contribution in [2.45, 2.75) is 26.2 Å². The van der Waals surface area contributed by atoms with Crippen LogP contribution >= 0.6 is 0 Å². The summed E-state index contributed by atoms with van der Waals surface area (Å²) in [6.07, 6.45) is 1.62. The second-order valence-corrected chi connectivity index (χ2v) is 4.63. The van der Waals surface area contributed by atoms with Crippen LogP contribution in [-0.2, 0) is 9.59 Å². The van der Waals surface area contributed by atoms with Crippen LogP contribution in [0.5, 0.6) is 0 Å². The van der Waals surface area contributed by atoms with Gasteiger partial charge < -0.3 is 10.8 Å². The molecule has 1 heterocycles. The van der Waals surface area contributed by atoms with Gasteiger partial charge in [0.05, 0.1) is 12.0 Å². The van der Waals surface area contributed by atoms with Crippen LogP contribution in [0.3, 0.4) is 0 Å². The maximum atomic E-state index is 11.3. The van der Waals surface area contributed by atoms with Gasteiger partial charge >= 0.3 is 12.0 Å². The van der Waals surface area contributed by atoms with Crippen molar-refractivity contribution in [3.63, 3.8) is 0 Å². The Hall–Kier alpha value is -1.63. The van der Waals surface area contributed by atoms with Crippen molar-refractivity contribution in [2.75, 3.05) is 19.6 Å². The molecule has 0 bridgehead atoms. The van der Waals surface area contributed by atoms with Crippen molar-refractivity contribution in [3.8, 4) is 0 Å². The number of piperidine rings is 1. The van der Waals surface area contributed by atoms with Crippen LogP contribution in [0, 0.1) is 5.41 Å². The third-order valence-electron chi connectivity index (χ3n) is 3.57. The Bertz CT molecular complexity index is 348. The molecule has 0 atom stereocenters. The predicted molar refractivity (Wildman–Crippen MR) is 63.8 cm³/mol. The molecule has 0 aliphatic carbocycles. The van der Waals surface area contributed by atoms with E-state index in [1.165, 1.54) is 0 Å². The molecular weight excluding hydrogens is 238 g/mol. The SMILES string of the molecule is CCC1(C(=O)O)CCN(CC(=O)NC(N)=O)CC1. The van der Waals surface area contributed by atoms with Crippen LogP contribution in [0.25, 0.3) is 0 Å². The van der Waals surface area contributed by atoms with Gasteiger partial charge in [0.15, 0.2) is 0 Å². The van der Waals surface area contributed by atoms with Crippen molar-refractivity contribution in [3.05, 3.63) is 0 Å². The number of likely N-dealkylation sites (tertiary alicyclic amines) is 1. The number of aliphatic carboxylic acids is 1. The number of carbonyl (C=O) groups is 3. The summed E-state index contributed by atoms with van der Waals surface area (Å²) >= 11 is 0. The van der Waals surface area contributed by atoms with Gasteiger partial charge in [-0.2, -0.15) is 0 Å². The number of nitrogens with two attached hydrogens (primary N) is 1. The van der Waals surface area contributed by atoms with E-state index in [1.807, 2.05) is 17.1 Å². The van der Waals surface area contributed by atoms with Gasteiger partial charge in [0, 0.05) is 0 Å². The van der Waals surface area contributed by atoms with E-state index in [4.69, 9.17) is 5.73 Å². The standard InChI is InChI=1S/C11H19N3O4/c1-2-11(9(16)17)3-5-14(6-4-11)7-8(15)13-10(12)18/h2-7H2,1H3,(H,16,17)(H3,12,13,15,18). The first-order valence-corrected chi connectivity index (χ1v) is 5.94. The van der Waals surface area contributed by atoms with E-state index in [0.29, 0.717) is 32.4 Å². The summed E-state index contributed by atoms with van der Waals surface area (Å²) in [4.78, 5) is 34.9. The predicted octanol–water partition coefficient (Wildman–Crippen LogP) is -0.242. The summed E-state index contributed by atoms with van der Waals surface area (Å²) in [5, 5.41) is 11.2. The zero-order chi connectivity index (χ0) is 13.8. The molecule has 7 nitrogen and oxygen atoms in total. The molecule has 1 fully saturated rings. The van der Waals surface area contributed by atoms with Crippen molar-refractivity contribution >= 4 is 17.9 Å². The highest BCUT2D eigenvalue weighted by Gasteiger charge is 2.39. The number of hydrogen-bond acceptors (Lipinski definition) is 4. The molecule has 1 rings (SSSR count). The van der Waals surface area contributed by atoms with Crippen LogP contribution in [0.1, 0.15) is 26.2 Å². The average molecular weight is 257 g/mol. The fourth-order valence-corrected chi connectivity index (χ4v) is 2.24. The van der Waals surface area contributed by atoms with Gasteiger partial charge in [-0.15, -0.1) is 0 Å². The molecule has 0 unspecified atom stereocenters. The van der Waals surface area contributed by atoms with E-state index in [9.17, 15) is 19.5 Å². The molecule has 0 aromatic carbocycles. The molecule has 0 aromatic heterocycles. The van der Waals surface area contributed by atoms with E-state index in [-0.39, 0.29) is 6.54 Å². The summed E-state index contributed by atoms with van der Waals surface area (Å²) < 4.78 is 0. The van der Waals surface area contributed by atoms with E-state index in [0.717, 1.165) is 0 Å². The minimum absolute atomic E-state index is 0.0718. The lowest BCUT2D eigenvalue weighted by atomic mass is 9.76. The number of nitrogens with zero attached hydrogens (tertiary/aromatic N) is 1. The molecule has 0 radical (unpaired) electrons. The minimum Gasteiger partial charge on any atom is -0.481 e. The van der Waals surface area contributed by atoms with Crippen molar-refractivity contribution < 1.29 is 19.5 Å². The molecule has 1 aliphatic rings. The molecule has 7 heteroatoms. The molecule has 3 amide bonds. The number of nitrogens with one attached hydrogen (secondary N) is 1. The maximum absolute atomic E-state index is 11.3. The van der Waals surface area contributed by atoms with Crippen LogP contribution in [-0.4, -0.2) is 47.5 Å². The van der Waals surface area contributed by atoms with Crippen LogP contribution < -0.4 is 11.1 Å². The Morgan fingerprint density at radius 2 is 1.89 bits per heavy atom. The fourth-order valence-electron chi connectivity index (χ4n) is 2.24. The van der Waals surface area contributed by atoms with Crippen LogP contribution in [0.15, 0.2) is 0 Å². The smallest absolute Gasteiger partial charge is 0.318 e. The molecule has 18 heavy (non-hydrogen) atoms. The highest BCUT2D eigenvalue weighted by molar-refractivity contribution is 5.94. The third kappa shape index (κ3) is 3.43. The minimum atomic E-state index is -0.870. The molecule has 4 N–H and O–H groups in total. The van der Waals surface area contributed by atoms with Gasteiger partial charge in [0.2, 0.25) is 5.91 Å². The number of rotatable bonds is 4. The largest absolute Gasteiger partial charge is 0.481 e. The van der Waals surface area contributed by atoms with E-state index in [1.54, 1.807) is 0 Å². The zero-order valence-electron chi connectivity index (χ0n) is 10.4. The lowest BCUT2D eigenvalue weighted by Gasteiger charge is -2.37. The molecule has 1 aliphatic heterocycles. The maximum Gasteiger partial charge on any atom is 0.318 e.